The van der Waals surface area contributed by atoms with Crippen LogP contribution in [0.5, 0.6) is 0 Å². The van der Waals surface area contributed by atoms with Crippen molar-refractivity contribution >= 4 is 17.7 Å². The number of pyridine rings is 1. The minimum absolute atomic E-state index is 0.119. The fourth-order valence-corrected chi connectivity index (χ4v) is 1.62. The Bertz CT molecular complexity index is 458. The minimum atomic E-state index is -0.927. The van der Waals surface area contributed by atoms with E-state index in [1.165, 1.54) is 6.20 Å². The van der Waals surface area contributed by atoms with Crippen LogP contribution in [0.2, 0.25) is 0 Å². The van der Waals surface area contributed by atoms with E-state index in [1.807, 2.05) is 0 Å². The van der Waals surface area contributed by atoms with E-state index >= 15 is 0 Å². The van der Waals surface area contributed by atoms with Gasteiger partial charge in [0.25, 0.3) is 0 Å². The highest BCUT2D eigenvalue weighted by Gasteiger charge is 2.33. The molecule has 0 bridgehead atoms. The number of hydrogen-bond acceptors (Lipinski definition) is 3. The molecule has 0 spiro atoms. The van der Waals surface area contributed by atoms with Gasteiger partial charge >= 0.3 is 12.0 Å². The van der Waals surface area contributed by atoms with E-state index in [1.54, 1.807) is 12.1 Å². The third-order valence-electron chi connectivity index (χ3n) is 2.84. The summed E-state index contributed by atoms with van der Waals surface area (Å²) in [7, 11) is 0. The van der Waals surface area contributed by atoms with Crippen LogP contribution in [0.4, 0.5) is 10.5 Å². The Kier molecular flexibility index (Phi) is 3.45. The largest absolute Gasteiger partial charge is 0.481 e. The first kappa shape index (κ1) is 12.3. The molecule has 1 aliphatic rings. The van der Waals surface area contributed by atoms with Crippen LogP contribution in [0.3, 0.4) is 0 Å². The standard InChI is InChI=1S/C12H15N3O3/c1-7-4-10(7)15-12(18)14-9-3-2-8(13-6-9)5-11(16)17/h2-3,6-7,10H,4-5H2,1H3,(H,16,17)(H2,14,15,18). The maximum absolute atomic E-state index is 11.5. The molecule has 6 heteroatoms. The van der Waals surface area contributed by atoms with Crippen LogP contribution in [0.1, 0.15) is 19.0 Å². The van der Waals surface area contributed by atoms with Crippen molar-refractivity contribution in [1.82, 2.24) is 10.3 Å². The Morgan fingerprint density at radius 1 is 1.50 bits per heavy atom. The third-order valence-corrected chi connectivity index (χ3v) is 2.84. The lowest BCUT2D eigenvalue weighted by Gasteiger charge is -2.06. The molecule has 2 atom stereocenters. The van der Waals surface area contributed by atoms with Crippen molar-refractivity contribution in [2.45, 2.75) is 25.8 Å². The number of nitrogens with zero attached hydrogens (tertiary/aromatic N) is 1. The molecule has 3 N–H and O–H groups in total. The first-order valence-corrected chi connectivity index (χ1v) is 5.79. The predicted octanol–water partition coefficient (Wildman–Crippen LogP) is 1.24. The summed E-state index contributed by atoms with van der Waals surface area (Å²) in [5, 5.41) is 14.1. The monoisotopic (exact) mass is 249 g/mol. The van der Waals surface area contributed by atoms with Gasteiger partial charge in [-0.15, -0.1) is 0 Å². The first-order chi connectivity index (χ1) is 8.54. The summed E-state index contributed by atoms with van der Waals surface area (Å²) < 4.78 is 0. The maximum Gasteiger partial charge on any atom is 0.319 e. The highest BCUT2D eigenvalue weighted by molar-refractivity contribution is 5.89. The van der Waals surface area contributed by atoms with Crippen LogP contribution in [0.15, 0.2) is 18.3 Å². The van der Waals surface area contributed by atoms with Crippen molar-refractivity contribution in [2.24, 2.45) is 5.92 Å². The number of hydrogen-bond donors (Lipinski definition) is 3. The lowest BCUT2D eigenvalue weighted by atomic mass is 10.2. The van der Waals surface area contributed by atoms with Crippen LogP contribution in [0.25, 0.3) is 0 Å². The lowest BCUT2D eigenvalue weighted by Crippen LogP contribution is -2.31. The highest BCUT2D eigenvalue weighted by Crippen LogP contribution is 2.28. The molecule has 1 fully saturated rings. The number of carboxylic acids is 1. The number of carbonyl (C=O) groups is 2. The van der Waals surface area contributed by atoms with Crippen molar-refractivity contribution in [3.05, 3.63) is 24.0 Å². The van der Waals surface area contributed by atoms with Gasteiger partial charge in [0.15, 0.2) is 0 Å². The molecular weight excluding hydrogens is 234 g/mol. The number of carbonyl (C=O) groups excluding carboxylic acids is 1. The van der Waals surface area contributed by atoms with Crippen molar-refractivity contribution in [3.63, 3.8) is 0 Å². The predicted molar refractivity (Wildman–Crippen MR) is 65.3 cm³/mol. The van der Waals surface area contributed by atoms with Crippen LogP contribution in [-0.2, 0) is 11.2 Å². The molecule has 0 aliphatic heterocycles. The summed E-state index contributed by atoms with van der Waals surface area (Å²) in [6.45, 7) is 2.08. The van der Waals surface area contributed by atoms with Gasteiger partial charge in [-0.1, -0.05) is 6.92 Å². The average Bonchev–Trinajstić information content (AvgIpc) is 2.96. The Morgan fingerprint density at radius 3 is 2.72 bits per heavy atom. The summed E-state index contributed by atoms with van der Waals surface area (Å²) in [6.07, 6.45) is 2.35. The van der Waals surface area contributed by atoms with Crippen LogP contribution in [-0.4, -0.2) is 28.1 Å². The van der Waals surface area contributed by atoms with E-state index in [-0.39, 0.29) is 18.5 Å². The summed E-state index contributed by atoms with van der Waals surface area (Å²) in [5.74, 6) is -0.379. The highest BCUT2D eigenvalue weighted by atomic mass is 16.4. The van der Waals surface area contributed by atoms with Gasteiger partial charge in [0.1, 0.15) is 0 Å². The molecule has 2 unspecified atom stereocenters. The number of aliphatic carboxylic acids is 1. The third kappa shape index (κ3) is 3.44. The van der Waals surface area contributed by atoms with E-state index in [4.69, 9.17) is 5.11 Å². The topological polar surface area (TPSA) is 91.3 Å². The number of anilines is 1. The number of amides is 2. The van der Waals surface area contributed by atoms with Crippen molar-refractivity contribution in [3.8, 4) is 0 Å². The van der Waals surface area contributed by atoms with Crippen LogP contribution >= 0.6 is 0 Å². The zero-order chi connectivity index (χ0) is 13.1. The van der Waals surface area contributed by atoms with E-state index in [2.05, 4.69) is 22.5 Å². The Hall–Kier alpha value is -2.11. The quantitative estimate of drug-likeness (QED) is 0.748. The Labute approximate surface area is 104 Å². The zero-order valence-electron chi connectivity index (χ0n) is 10.0. The summed E-state index contributed by atoms with van der Waals surface area (Å²) >= 11 is 0. The minimum Gasteiger partial charge on any atom is -0.481 e. The van der Waals surface area contributed by atoms with Crippen molar-refractivity contribution in [2.75, 3.05) is 5.32 Å². The number of nitrogens with one attached hydrogen (secondary N) is 2. The molecule has 0 saturated heterocycles. The van der Waals surface area contributed by atoms with E-state index < -0.39 is 5.97 Å². The number of rotatable bonds is 4. The molecule has 1 aromatic heterocycles. The summed E-state index contributed by atoms with van der Waals surface area (Å²) in [6, 6.07) is 3.24. The average molecular weight is 249 g/mol. The molecule has 0 radical (unpaired) electrons. The van der Waals surface area contributed by atoms with Gasteiger partial charge in [-0.3, -0.25) is 9.78 Å². The number of aromatic nitrogens is 1. The molecule has 2 amide bonds. The second-order valence-electron chi connectivity index (χ2n) is 4.53. The van der Waals surface area contributed by atoms with Gasteiger partial charge in [0.05, 0.1) is 24.0 Å². The fraction of sp³-hybridized carbons (Fsp3) is 0.417. The second kappa shape index (κ2) is 5.03. The van der Waals surface area contributed by atoms with Crippen molar-refractivity contribution < 1.29 is 14.7 Å². The van der Waals surface area contributed by atoms with Gasteiger partial charge in [0, 0.05) is 6.04 Å². The maximum atomic E-state index is 11.5. The molecular formula is C12H15N3O3. The Morgan fingerprint density at radius 2 is 2.22 bits per heavy atom. The van der Waals surface area contributed by atoms with Crippen LogP contribution < -0.4 is 10.6 Å². The normalized spacial score (nSPS) is 21.2. The van der Waals surface area contributed by atoms with E-state index in [0.717, 1.165) is 6.42 Å². The van der Waals surface area contributed by atoms with Crippen molar-refractivity contribution in [1.29, 1.82) is 0 Å². The fourth-order valence-electron chi connectivity index (χ4n) is 1.62. The molecule has 0 aromatic carbocycles. The molecule has 1 aromatic rings. The second-order valence-corrected chi connectivity index (χ2v) is 4.53. The molecule has 1 heterocycles. The van der Waals surface area contributed by atoms with Gasteiger partial charge in [-0.2, -0.15) is 0 Å². The number of urea groups is 1. The van der Waals surface area contributed by atoms with Crippen LogP contribution in [0, 0.1) is 5.92 Å². The lowest BCUT2D eigenvalue weighted by molar-refractivity contribution is -0.136. The molecule has 2 rings (SSSR count). The zero-order valence-corrected chi connectivity index (χ0v) is 10.0. The number of carboxylic acid groups (broad SMARTS) is 1. The summed E-state index contributed by atoms with van der Waals surface area (Å²) in [4.78, 5) is 26.0. The SMILES string of the molecule is CC1CC1NC(=O)Nc1ccc(CC(=O)O)nc1. The molecule has 1 aliphatic carbocycles. The van der Waals surface area contributed by atoms with Gasteiger partial charge in [0.2, 0.25) is 0 Å². The van der Waals surface area contributed by atoms with Gasteiger partial charge in [-0.05, 0) is 24.5 Å². The van der Waals surface area contributed by atoms with Gasteiger partial charge in [-0.25, -0.2) is 4.79 Å². The Balaban J connectivity index is 1.85. The molecule has 96 valence electrons. The van der Waals surface area contributed by atoms with Gasteiger partial charge < -0.3 is 15.7 Å². The molecule has 1 saturated carbocycles. The van der Waals surface area contributed by atoms with E-state index in [9.17, 15) is 9.59 Å². The molecule has 18 heavy (non-hydrogen) atoms. The smallest absolute Gasteiger partial charge is 0.319 e. The van der Waals surface area contributed by atoms with E-state index in [0.29, 0.717) is 17.3 Å². The molecule has 6 nitrogen and oxygen atoms in total. The first-order valence-electron chi connectivity index (χ1n) is 5.79. The summed E-state index contributed by atoms with van der Waals surface area (Å²) in [5.41, 5.74) is 1.01.